The van der Waals surface area contributed by atoms with Gasteiger partial charge in [0.25, 0.3) is 0 Å². The summed E-state index contributed by atoms with van der Waals surface area (Å²) in [6, 6.07) is 13.9. The number of aromatic nitrogens is 4. The Balaban J connectivity index is 1.04. The van der Waals surface area contributed by atoms with Crippen LogP contribution in [0.3, 0.4) is 0 Å². The number of nitrogens with two attached hydrogens (primary N) is 1. The van der Waals surface area contributed by atoms with Gasteiger partial charge in [-0.05, 0) is 17.2 Å². The van der Waals surface area contributed by atoms with Gasteiger partial charge in [0.2, 0.25) is 0 Å². The van der Waals surface area contributed by atoms with Crippen LogP contribution in [0, 0.1) is 0 Å². The van der Waals surface area contributed by atoms with Gasteiger partial charge in [0.05, 0.1) is 24.1 Å². The molecule has 0 aliphatic carbocycles. The molecule has 6 rings (SSSR count). The smallest absolute Gasteiger partial charge is 0.410 e. The molecule has 0 radical (unpaired) electrons. The first-order valence-corrected chi connectivity index (χ1v) is 13.7. The number of anilines is 1. The molecule has 2 fully saturated rings. The number of nitrogens with one attached hydrogen (secondary N) is 1. The van der Waals surface area contributed by atoms with Crippen LogP contribution in [0.25, 0.3) is 22.6 Å². The maximum atomic E-state index is 11.7. The van der Waals surface area contributed by atoms with Crippen LogP contribution in [0.15, 0.2) is 72.4 Å². The summed E-state index contributed by atoms with van der Waals surface area (Å²) in [7, 11) is 3.49. The second-order valence-corrected chi connectivity index (χ2v) is 10.5. The van der Waals surface area contributed by atoms with E-state index in [1.807, 2.05) is 53.1 Å². The molecule has 2 saturated heterocycles. The molecule has 4 aromatic rings. The molecule has 1 aromatic carbocycles. The molecule has 12 heteroatoms. The predicted octanol–water partition coefficient (Wildman–Crippen LogP) is 2.92. The Morgan fingerprint density at radius 1 is 1.17 bits per heavy atom. The third kappa shape index (κ3) is 5.61. The van der Waals surface area contributed by atoms with Crippen molar-refractivity contribution in [1.82, 2.24) is 29.2 Å². The van der Waals surface area contributed by atoms with Gasteiger partial charge in [-0.3, -0.25) is 14.3 Å². The minimum atomic E-state index is -0.351. The molecule has 0 saturated carbocycles. The molecule has 0 atom stereocenters. The van der Waals surface area contributed by atoms with Crippen molar-refractivity contribution in [3.8, 4) is 17.1 Å². The fourth-order valence-electron chi connectivity index (χ4n) is 5.37. The van der Waals surface area contributed by atoms with Gasteiger partial charge in [0, 0.05) is 76.6 Å². The topological polar surface area (TPSA) is 136 Å². The average molecular weight is 568 g/mol. The van der Waals surface area contributed by atoms with Gasteiger partial charge in [-0.2, -0.15) is 0 Å². The maximum Gasteiger partial charge on any atom is 0.410 e. The molecule has 2 aliphatic heterocycles. The molecular formula is C30H33N9O3. The van der Waals surface area contributed by atoms with Gasteiger partial charge in [-0.15, -0.1) is 0 Å². The second kappa shape index (κ2) is 11.5. The second-order valence-electron chi connectivity index (χ2n) is 10.5. The van der Waals surface area contributed by atoms with Crippen molar-refractivity contribution in [2.75, 3.05) is 52.2 Å². The minimum Gasteiger partial charge on any atom is -0.492 e. The summed E-state index contributed by atoms with van der Waals surface area (Å²) in [5.41, 5.74) is 10.7. The summed E-state index contributed by atoms with van der Waals surface area (Å²) in [6.45, 7) is 4.01. The number of rotatable bonds is 10. The SMILES string of the molecule is CN=CC(=CN)c1ccc(CNc2cc(-c3cnc4cc(OCCN5CC6(C5)CN(C)C(=O)O6)ccn34)ncn2)cc1. The van der Waals surface area contributed by atoms with Crippen molar-refractivity contribution < 1.29 is 14.3 Å². The Labute approximate surface area is 243 Å². The lowest BCUT2D eigenvalue weighted by atomic mass is 9.94. The highest BCUT2D eigenvalue weighted by atomic mass is 16.6. The number of pyridine rings is 1. The van der Waals surface area contributed by atoms with E-state index >= 15 is 0 Å². The summed E-state index contributed by atoms with van der Waals surface area (Å²) in [5, 5.41) is 3.37. The number of imidazole rings is 1. The molecule has 12 nitrogen and oxygen atoms in total. The number of carbonyl (C=O) groups excluding carboxylic acids is 1. The standard InChI is InChI=1S/C30H33N9O3/c1-32-15-23(13-31)22-5-3-21(4-6-22)14-33-27-12-25(35-20-36-27)26-16-34-28-11-24(7-8-39(26)28)41-10-9-38-18-30(19-38)17-37(2)29(40)42-30/h3-8,11-13,15-16,20H,9-10,14,17-19,31H2,1-2H3,(H,33,35,36). The van der Waals surface area contributed by atoms with Crippen LogP contribution in [0.2, 0.25) is 0 Å². The number of likely N-dealkylation sites (N-methyl/N-ethyl adjacent to an activating group) is 1. The molecular weight excluding hydrogens is 534 g/mol. The van der Waals surface area contributed by atoms with E-state index in [0.717, 1.165) is 59.1 Å². The van der Waals surface area contributed by atoms with E-state index in [0.29, 0.717) is 25.5 Å². The van der Waals surface area contributed by atoms with Gasteiger partial charge < -0.3 is 25.4 Å². The summed E-state index contributed by atoms with van der Waals surface area (Å²) < 4.78 is 13.5. The Morgan fingerprint density at radius 3 is 2.74 bits per heavy atom. The lowest BCUT2D eigenvalue weighted by Gasteiger charge is -2.45. The number of hydrogen-bond acceptors (Lipinski definition) is 10. The molecule has 0 unspecified atom stereocenters. The normalized spacial score (nSPS) is 16.8. The summed E-state index contributed by atoms with van der Waals surface area (Å²) in [4.78, 5) is 33.0. The zero-order valence-electron chi connectivity index (χ0n) is 23.6. The van der Waals surface area contributed by atoms with Crippen molar-refractivity contribution in [1.29, 1.82) is 0 Å². The van der Waals surface area contributed by atoms with Crippen LogP contribution in [0.5, 0.6) is 5.75 Å². The number of aliphatic imine (C=N–C) groups is 1. The Hall–Kier alpha value is -4.97. The first-order chi connectivity index (χ1) is 20.4. The van der Waals surface area contributed by atoms with Crippen molar-refractivity contribution in [3.63, 3.8) is 0 Å². The fraction of sp³-hybridized carbons (Fsp3) is 0.300. The van der Waals surface area contributed by atoms with E-state index in [2.05, 4.69) is 30.2 Å². The van der Waals surface area contributed by atoms with Gasteiger partial charge >= 0.3 is 6.09 Å². The van der Waals surface area contributed by atoms with Crippen LogP contribution < -0.4 is 15.8 Å². The number of allylic oxidation sites excluding steroid dienone is 1. The van der Waals surface area contributed by atoms with Crippen molar-refractivity contribution >= 4 is 29.3 Å². The van der Waals surface area contributed by atoms with Crippen LogP contribution in [-0.4, -0.2) is 93.9 Å². The monoisotopic (exact) mass is 567 g/mol. The van der Waals surface area contributed by atoms with Crippen LogP contribution >= 0.6 is 0 Å². The molecule has 1 amide bonds. The number of nitrogens with zero attached hydrogens (tertiary/aromatic N) is 7. The molecule has 216 valence electrons. The molecule has 42 heavy (non-hydrogen) atoms. The number of carbonyl (C=O) groups is 1. The third-order valence-electron chi connectivity index (χ3n) is 7.46. The number of hydrogen-bond donors (Lipinski definition) is 2. The average Bonchev–Trinajstić information content (AvgIpc) is 3.55. The predicted molar refractivity (Wildman–Crippen MR) is 160 cm³/mol. The van der Waals surface area contributed by atoms with Gasteiger partial charge in [0.1, 0.15) is 30.1 Å². The first-order valence-electron chi connectivity index (χ1n) is 13.7. The summed E-state index contributed by atoms with van der Waals surface area (Å²) >= 11 is 0. The Kier molecular flexibility index (Phi) is 7.44. The number of amides is 1. The quantitative estimate of drug-likeness (QED) is 0.277. The molecule has 1 spiro atoms. The van der Waals surface area contributed by atoms with Gasteiger partial charge in [-0.25, -0.2) is 19.7 Å². The highest BCUT2D eigenvalue weighted by Gasteiger charge is 2.52. The minimum absolute atomic E-state index is 0.243. The van der Waals surface area contributed by atoms with Gasteiger partial charge in [0.15, 0.2) is 5.60 Å². The van der Waals surface area contributed by atoms with Gasteiger partial charge in [-0.1, -0.05) is 24.3 Å². The number of likely N-dealkylation sites (tertiary alicyclic amines) is 1. The highest BCUT2D eigenvalue weighted by molar-refractivity contribution is 6.09. The van der Waals surface area contributed by atoms with Crippen molar-refractivity contribution in [2.45, 2.75) is 12.1 Å². The van der Waals surface area contributed by atoms with Crippen LogP contribution in [0.4, 0.5) is 10.6 Å². The lowest BCUT2D eigenvalue weighted by Crippen LogP contribution is -2.64. The fourth-order valence-corrected chi connectivity index (χ4v) is 5.37. The molecule has 5 heterocycles. The van der Waals surface area contributed by atoms with Crippen molar-refractivity contribution in [2.24, 2.45) is 10.7 Å². The van der Waals surface area contributed by atoms with E-state index < -0.39 is 0 Å². The lowest BCUT2D eigenvalue weighted by molar-refractivity contribution is -0.0762. The number of benzene rings is 1. The molecule has 3 aromatic heterocycles. The zero-order valence-corrected chi connectivity index (χ0v) is 23.6. The number of fused-ring (bicyclic) bond motifs is 1. The van der Waals surface area contributed by atoms with Crippen molar-refractivity contribution in [3.05, 3.63) is 78.5 Å². The molecule has 0 bridgehead atoms. The zero-order chi connectivity index (χ0) is 29.1. The van der Waals surface area contributed by atoms with Crippen LogP contribution in [0.1, 0.15) is 11.1 Å². The van der Waals surface area contributed by atoms with E-state index in [1.165, 1.54) is 0 Å². The van der Waals surface area contributed by atoms with Crippen LogP contribution in [-0.2, 0) is 11.3 Å². The molecule has 2 aliphatic rings. The first kappa shape index (κ1) is 27.2. The summed E-state index contributed by atoms with van der Waals surface area (Å²) in [6.07, 6.45) is 8.33. The van der Waals surface area contributed by atoms with E-state index in [4.69, 9.17) is 15.2 Å². The molecule has 3 N–H and O–H groups in total. The third-order valence-corrected chi connectivity index (χ3v) is 7.46. The highest BCUT2D eigenvalue weighted by Crippen LogP contribution is 2.31. The largest absolute Gasteiger partial charge is 0.492 e. The summed E-state index contributed by atoms with van der Waals surface area (Å²) in [5.74, 6) is 1.46. The number of ether oxygens (including phenoxy) is 2. The maximum absolute atomic E-state index is 11.7. The van der Waals surface area contributed by atoms with E-state index in [1.54, 1.807) is 43.9 Å². The van der Waals surface area contributed by atoms with E-state index in [9.17, 15) is 4.79 Å². The Morgan fingerprint density at radius 2 is 2.00 bits per heavy atom. The van der Waals surface area contributed by atoms with E-state index in [-0.39, 0.29) is 11.7 Å². The Bertz CT molecular complexity index is 1640.